The summed E-state index contributed by atoms with van der Waals surface area (Å²) in [6, 6.07) is 3.70. The Balaban J connectivity index is 0.000000418. The molecule has 0 aliphatic heterocycles. The van der Waals surface area contributed by atoms with Crippen LogP contribution in [0, 0.1) is 0 Å². The second kappa shape index (κ2) is 8.64. The number of fused-ring (bicyclic) bond motifs is 4. The molecule has 2 aliphatic carbocycles. The van der Waals surface area contributed by atoms with Crippen molar-refractivity contribution in [1.29, 1.82) is 0 Å². The summed E-state index contributed by atoms with van der Waals surface area (Å²) in [5.74, 6) is 1.28. The van der Waals surface area contributed by atoms with Gasteiger partial charge in [0.05, 0.1) is 49.1 Å². The Kier molecular flexibility index (Phi) is 5.93. The molecule has 2 aliphatic rings. The van der Waals surface area contributed by atoms with Crippen LogP contribution in [-0.2, 0) is 11.2 Å². The van der Waals surface area contributed by atoms with Crippen molar-refractivity contribution in [3.63, 3.8) is 0 Å². The number of allylic oxidation sites excluding steroid dienone is 1. The van der Waals surface area contributed by atoms with Crippen LogP contribution in [0.1, 0.15) is 36.9 Å². The summed E-state index contributed by atoms with van der Waals surface area (Å²) < 4.78 is 17.4. The maximum atomic E-state index is 10.6. The van der Waals surface area contributed by atoms with Gasteiger partial charge in [0.25, 0.3) is 0 Å². The van der Waals surface area contributed by atoms with Crippen LogP contribution >= 0.6 is 0 Å². The Morgan fingerprint density at radius 3 is 2.61 bits per heavy atom. The van der Waals surface area contributed by atoms with Crippen molar-refractivity contribution in [3.05, 3.63) is 47.9 Å². The second-order valence-electron chi connectivity index (χ2n) is 7.77. The molecular weight excluding hydrogens is 396 g/mol. The SMILES string of the molecule is CCCOC.COc1cc2nncc(-n3ncc4c3C3CC3(O)C=CC4)c2cc1OC. The first-order chi connectivity index (χ1) is 15.1. The Morgan fingerprint density at radius 2 is 1.94 bits per heavy atom. The quantitative estimate of drug-likeness (QED) is 0.629. The average molecular weight is 425 g/mol. The summed E-state index contributed by atoms with van der Waals surface area (Å²) in [5.41, 5.74) is 2.93. The number of aromatic nitrogens is 4. The molecule has 0 saturated heterocycles. The van der Waals surface area contributed by atoms with Crippen molar-refractivity contribution in [1.82, 2.24) is 20.0 Å². The summed E-state index contributed by atoms with van der Waals surface area (Å²) >= 11 is 0. The molecule has 5 rings (SSSR count). The zero-order valence-corrected chi connectivity index (χ0v) is 18.3. The zero-order chi connectivity index (χ0) is 22.0. The number of nitrogens with zero attached hydrogens (tertiary/aromatic N) is 4. The molecule has 3 aromatic rings. The highest BCUT2D eigenvalue weighted by atomic mass is 16.5. The van der Waals surface area contributed by atoms with Crippen molar-refractivity contribution in [3.8, 4) is 17.2 Å². The lowest BCUT2D eigenvalue weighted by atomic mass is 10.1. The molecule has 1 N–H and O–H groups in total. The van der Waals surface area contributed by atoms with E-state index in [1.807, 2.05) is 35.2 Å². The fourth-order valence-corrected chi connectivity index (χ4v) is 4.03. The normalized spacial score (nSPS) is 20.9. The lowest BCUT2D eigenvalue weighted by Crippen LogP contribution is -2.10. The molecule has 2 atom stereocenters. The van der Waals surface area contributed by atoms with Crippen LogP contribution in [0.25, 0.3) is 16.6 Å². The van der Waals surface area contributed by atoms with Gasteiger partial charge in [0, 0.05) is 31.1 Å². The number of benzene rings is 1. The molecule has 8 heteroatoms. The van der Waals surface area contributed by atoms with Gasteiger partial charge in [-0.25, -0.2) is 4.68 Å². The van der Waals surface area contributed by atoms with Crippen LogP contribution in [0.2, 0.25) is 0 Å². The monoisotopic (exact) mass is 424 g/mol. The van der Waals surface area contributed by atoms with E-state index in [4.69, 9.17) is 14.2 Å². The van der Waals surface area contributed by atoms with Gasteiger partial charge >= 0.3 is 0 Å². The topological polar surface area (TPSA) is 91.5 Å². The third kappa shape index (κ3) is 3.88. The minimum Gasteiger partial charge on any atom is -0.493 e. The molecule has 0 spiro atoms. The molecule has 8 nitrogen and oxygen atoms in total. The number of hydrogen-bond acceptors (Lipinski definition) is 7. The minimum absolute atomic E-state index is 0.0575. The van der Waals surface area contributed by atoms with Gasteiger partial charge in [-0.1, -0.05) is 19.1 Å². The lowest BCUT2D eigenvalue weighted by molar-refractivity contribution is 0.194. The number of rotatable bonds is 5. The number of hydrogen-bond donors (Lipinski definition) is 1. The van der Waals surface area contributed by atoms with Crippen molar-refractivity contribution >= 4 is 10.9 Å². The highest BCUT2D eigenvalue weighted by Crippen LogP contribution is 2.55. The van der Waals surface area contributed by atoms with E-state index in [0.717, 1.165) is 48.2 Å². The predicted octanol–water partition coefficient (Wildman–Crippen LogP) is 3.21. The van der Waals surface area contributed by atoms with E-state index < -0.39 is 5.60 Å². The van der Waals surface area contributed by atoms with Crippen molar-refractivity contribution in [2.75, 3.05) is 27.9 Å². The van der Waals surface area contributed by atoms with Crippen LogP contribution < -0.4 is 9.47 Å². The zero-order valence-electron chi connectivity index (χ0n) is 18.3. The third-order valence-corrected chi connectivity index (χ3v) is 5.69. The van der Waals surface area contributed by atoms with Crippen molar-refractivity contribution < 1.29 is 19.3 Å². The molecule has 1 saturated carbocycles. The van der Waals surface area contributed by atoms with Crippen LogP contribution in [0.15, 0.2) is 36.7 Å². The maximum absolute atomic E-state index is 10.6. The molecule has 164 valence electrons. The molecule has 2 heterocycles. The van der Waals surface area contributed by atoms with E-state index in [0.29, 0.717) is 17.0 Å². The Labute approximate surface area is 181 Å². The Bertz CT molecular complexity index is 1110. The van der Waals surface area contributed by atoms with Gasteiger partial charge in [-0.05, 0) is 30.9 Å². The summed E-state index contributed by atoms with van der Waals surface area (Å²) in [6.45, 7) is 2.98. The van der Waals surface area contributed by atoms with Gasteiger partial charge in [0.15, 0.2) is 11.5 Å². The minimum atomic E-state index is -0.750. The van der Waals surface area contributed by atoms with Gasteiger partial charge < -0.3 is 19.3 Å². The van der Waals surface area contributed by atoms with Gasteiger partial charge in [-0.3, -0.25) is 0 Å². The molecule has 2 aromatic heterocycles. The summed E-state index contributed by atoms with van der Waals surface area (Å²) in [6.07, 6.45) is 10.1. The molecule has 1 fully saturated rings. The van der Waals surface area contributed by atoms with E-state index in [2.05, 4.69) is 22.2 Å². The summed E-state index contributed by atoms with van der Waals surface area (Å²) in [7, 11) is 4.91. The number of ether oxygens (including phenoxy) is 3. The van der Waals surface area contributed by atoms with Crippen LogP contribution in [-0.4, -0.2) is 58.6 Å². The molecule has 0 amide bonds. The predicted molar refractivity (Wildman–Crippen MR) is 117 cm³/mol. The number of methoxy groups -OCH3 is 3. The molecule has 1 aromatic carbocycles. The van der Waals surface area contributed by atoms with E-state index in [-0.39, 0.29) is 5.92 Å². The van der Waals surface area contributed by atoms with E-state index >= 15 is 0 Å². The fourth-order valence-electron chi connectivity index (χ4n) is 4.03. The summed E-state index contributed by atoms with van der Waals surface area (Å²) in [4.78, 5) is 0. The van der Waals surface area contributed by atoms with Gasteiger partial charge in [-0.2, -0.15) is 15.3 Å². The molecule has 31 heavy (non-hydrogen) atoms. The molecular formula is C23H28N4O4. The first kappa shape index (κ1) is 21.3. The molecule has 2 unspecified atom stereocenters. The van der Waals surface area contributed by atoms with Crippen LogP contribution in [0.5, 0.6) is 11.5 Å². The smallest absolute Gasteiger partial charge is 0.162 e. The highest BCUT2D eigenvalue weighted by Gasteiger charge is 2.55. The first-order valence-electron chi connectivity index (χ1n) is 10.4. The maximum Gasteiger partial charge on any atom is 0.162 e. The fraction of sp³-hybridized carbons (Fsp3) is 0.435. The number of aliphatic hydroxyl groups is 1. The van der Waals surface area contributed by atoms with Gasteiger partial charge in [0.1, 0.15) is 0 Å². The van der Waals surface area contributed by atoms with Crippen LogP contribution in [0.4, 0.5) is 0 Å². The average Bonchev–Trinajstić information content (AvgIpc) is 3.31. The lowest BCUT2D eigenvalue weighted by Gasteiger charge is -2.13. The van der Waals surface area contributed by atoms with Gasteiger partial charge in [-0.15, -0.1) is 0 Å². The van der Waals surface area contributed by atoms with E-state index in [1.54, 1.807) is 27.5 Å². The first-order valence-corrected chi connectivity index (χ1v) is 10.4. The Morgan fingerprint density at radius 1 is 1.16 bits per heavy atom. The van der Waals surface area contributed by atoms with Gasteiger partial charge in [0.2, 0.25) is 0 Å². The third-order valence-electron chi connectivity index (χ3n) is 5.69. The van der Waals surface area contributed by atoms with Crippen LogP contribution in [0.3, 0.4) is 0 Å². The summed E-state index contributed by atoms with van der Waals surface area (Å²) in [5, 5.41) is 24.5. The molecule has 0 bridgehead atoms. The van der Waals surface area contributed by atoms with E-state index in [9.17, 15) is 5.11 Å². The standard InChI is InChI=1S/C19H18N4O3.C4H10O/c1-25-16-6-12-14(7-17(16)26-2)22-20-10-15(12)23-18-11(9-21-23)4-3-5-19(24)8-13(18)19;1-3-4-5-2/h3,5-7,9-10,13,24H,4,8H2,1-2H3;3-4H2,1-2H3. The van der Waals surface area contributed by atoms with Crippen molar-refractivity contribution in [2.24, 2.45) is 0 Å². The largest absolute Gasteiger partial charge is 0.493 e. The second-order valence-corrected chi connectivity index (χ2v) is 7.77. The van der Waals surface area contributed by atoms with E-state index in [1.165, 1.54) is 0 Å². The highest BCUT2D eigenvalue weighted by molar-refractivity contribution is 5.89. The van der Waals surface area contributed by atoms with Crippen molar-refractivity contribution in [2.45, 2.75) is 37.7 Å². The Hall–Kier alpha value is -2.97. The molecule has 0 radical (unpaired) electrons.